The summed E-state index contributed by atoms with van der Waals surface area (Å²) in [5, 5.41) is 9.07. The molecule has 0 unspecified atom stereocenters. The minimum absolute atomic E-state index is 0.000926. The third kappa shape index (κ3) is 2.05. The minimum atomic E-state index is -0.000926. The van der Waals surface area contributed by atoms with E-state index in [2.05, 4.69) is 17.2 Å². The predicted molar refractivity (Wildman–Crippen MR) is 44.0 cm³/mol. The van der Waals surface area contributed by atoms with Gasteiger partial charge >= 0.3 is 0 Å². The van der Waals surface area contributed by atoms with Crippen LogP contribution in [0.3, 0.4) is 0 Å². The van der Waals surface area contributed by atoms with Gasteiger partial charge in [0.05, 0.1) is 0 Å². The van der Waals surface area contributed by atoms with Crippen molar-refractivity contribution in [2.75, 3.05) is 0 Å². The van der Waals surface area contributed by atoms with Gasteiger partial charge in [-0.3, -0.25) is 0 Å². The molecule has 1 heterocycles. The van der Waals surface area contributed by atoms with Crippen molar-refractivity contribution >= 4 is 17.3 Å². The molecule has 0 bridgehead atoms. The second kappa shape index (κ2) is 3.16. The summed E-state index contributed by atoms with van der Waals surface area (Å²) in [5.41, 5.74) is 5.45. The van der Waals surface area contributed by atoms with Crippen molar-refractivity contribution in [2.24, 2.45) is 10.7 Å². The third-order valence-electron chi connectivity index (χ3n) is 1.04. The zero-order valence-electron chi connectivity index (χ0n) is 5.64. The van der Waals surface area contributed by atoms with Crippen LogP contribution in [-0.2, 0) is 0 Å². The van der Waals surface area contributed by atoms with Gasteiger partial charge in [0.1, 0.15) is 0 Å². The lowest BCUT2D eigenvalue weighted by Crippen LogP contribution is -2.21. The lowest BCUT2D eigenvalue weighted by Gasteiger charge is -1.94. The first-order chi connectivity index (χ1) is 5.20. The van der Waals surface area contributed by atoms with E-state index in [1.54, 1.807) is 18.2 Å². The Labute approximate surface area is 68.6 Å². The molecule has 4 nitrogen and oxygen atoms in total. The molecule has 0 fully saturated rings. The van der Waals surface area contributed by atoms with Gasteiger partial charge in [0.2, 0.25) is 0 Å². The van der Waals surface area contributed by atoms with Gasteiger partial charge in [0.15, 0.2) is 10.6 Å². The number of aromatic nitrogens is 1. The summed E-state index contributed by atoms with van der Waals surface area (Å²) in [4.78, 5) is 3.68. The van der Waals surface area contributed by atoms with Crippen LogP contribution in [0.1, 0.15) is 0 Å². The molecule has 3 N–H and O–H groups in total. The molecule has 0 aliphatic heterocycles. The first-order valence-electron chi connectivity index (χ1n) is 2.91. The standard InChI is InChI=1S/C6H7N3OS/c7-6(11)8-5-3-1-2-4-9(5)10/h1-4,10H,(H2,7,11). The van der Waals surface area contributed by atoms with Gasteiger partial charge in [-0.1, -0.05) is 6.07 Å². The highest BCUT2D eigenvalue weighted by molar-refractivity contribution is 7.80. The predicted octanol–water partition coefficient (Wildman–Crippen LogP) is -0.130. The van der Waals surface area contributed by atoms with Gasteiger partial charge in [-0.05, 0) is 24.4 Å². The average molecular weight is 169 g/mol. The first kappa shape index (κ1) is 7.74. The van der Waals surface area contributed by atoms with Gasteiger partial charge in [0.25, 0.3) is 0 Å². The van der Waals surface area contributed by atoms with Crippen LogP contribution in [-0.4, -0.2) is 15.1 Å². The summed E-state index contributed by atoms with van der Waals surface area (Å²) >= 11 is 4.52. The lowest BCUT2D eigenvalue weighted by atomic mass is 10.5. The van der Waals surface area contributed by atoms with E-state index in [9.17, 15) is 0 Å². The summed E-state index contributed by atoms with van der Waals surface area (Å²) in [7, 11) is 0. The van der Waals surface area contributed by atoms with Crippen LogP contribution in [0.15, 0.2) is 29.4 Å². The van der Waals surface area contributed by atoms with Crippen LogP contribution >= 0.6 is 12.2 Å². The SMILES string of the molecule is NC(=S)N=c1ccccn1O. The Morgan fingerprint density at radius 2 is 2.36 bits per heavy atom. The molecule has 5 heteroatoms. The number of pyridine rings is 1. The highest BCUT2D eigenvalue weighted by Crippen LogP contribution is 1.76. The average Bonchev–Trinajstić information content (AvgIpc) is 1.93. The Morgan fingerprint density at radius 3 is 2.91 bits per heavy atom. The normalized spacial score (nSPS) is 11.5. The van der Waals surface area contributed by atoms with E-state index in [1.165, 1.54) is 6.20 Å². The second-order valence-electron chi connectivity index (χ2n) is 1.85. The topological polar surface area (TPSA) is 63.5 Å². The maximum Gasteiger partial charge on any atom is 0.192 e. The van der Waals surface area contributed by atoms with E-state index in [1.807, 2.05) is 0 Å². The van der Waals surface area contributed by atoms with Crippen LogP contribution in [0.5, 0.6) is 0 Å². The monoisotopic (exact) mass is 169 g/mol. The molecular formula is C6H7N3OS. The number of thiocarbonyl (C=S) groups is 1. The number of nitrogens with zero attached hydrogens (tertiary/aromatic N) is 2. The van der Waals surface area contributed by atoms with E-state index in [0.29, 0.717) is 5.49 Å². The van der Waals surface area contributed by atoms with E-state index >= 15 is 0 Å². The summed E-state index contributed by atoms with van der Waals surface area (Å²) in [5.74, 6) is 0. The van der Waals surface area contributed by atoms with Crippen molar-refractivity contribution in [1.29, 1.82) is 0 Å². The molecule has 11 heavy (non-hydrogen) atoms. The maximum atomic E-state index is 9.07. The second-order valence-corrected chi connectivity index (χ2v) is 2.27. The van der Waals surface area contributed by atoms with E-state index < -0.39 is 0 Å². The molecule has 0 saturated carbocycles. The zero-order valence-corrected chi connectivity index (χ0v) is 6.45. The first-order valence-corrected chi connectivity index (χ1v) is 3.32. The van der Waals surface area contributed by atoms with Crippen LogP contribution in [0.2, 0.25) is 0 Å². The molecule has 0 aliphatic rings. The lowest BCUT2D eigenvalue weighted by molar-refractivity contribution is 0.172. The van der Waals surface area contributed by atoms with Gasteiger partial charge in [-0.15, -0.1) is 0 Å². The molecule has 0 aromatic carbocycles. The number of nitrogens with two attached hydrogens (primary N) is 1. The molecule has 58 valence electrons. The highest BCUT2D eigenvalue weighted by atomic mass is 32.1. The molecule has 0 amide bonds. The summed E-state index contributed by atoms with van der Waals surface area (Å²) in [6.07, 6.45) is 1.44. The van der Waals surface area contributed by atoms with Crippen molar-refractivity contribution in [3.8, 4) is 0 Å². The number of rotatable bonds is 0. The van der Waals surface area contributed by atoms with Gasteiger partial charge < -0.3 is 10.9 Å². The Hall–Kier alpha value is -1.36. The smallest absolute Gasteiger partial charge is 0.192 e. The van der Waals surface area contributed by atoms with Crippen molar-refractivity contribution in [3.63, 3.8) is 0 Å². The van der Waals surface area contributed by atoms with E-state index in [0.717, 1.165) is 4.73 Å². The molecule has 0 spiro atoms. The van der Waals surface area contributed by atoms with Gasteiger partial charge in [-0.2, -0.15) is 9.72 Å². The van der Waals surface area contributed by atoms with E-state index in [4.69, 9.17) is 10.9 Å². The largest absolute Gasteiger partial charge is 0.427 e. The van der Waals surface area contributed by atoms with Gasteiger partial charge in [-0.25, -0.2) is 0 Å². The Balaban J connectivity index is 3.23. The van der Waals surface area contributed by atoms with Crippen molar-refractivity contribution in [1.82, 2.24) is 4.73 Å². The van der Waals surface area contributed by atoms with Crippen molar-refractivity contribution < 1.29 is 5.21 Å². The van der Waals surface area contributed by atoms with Crippen LogP contribution in [0.4, 0.5) is 0 Å². The van der Waals surface area contributed by atoms with Crippen LogP contribution in [0, 0.1) is 0 Å². The quantitative estimate of drug-likeness (QED) is 0.420. The van der Waals surface area contributed by atoms with Crippen LogP contribution in [0.25, 0.3) is 0 Å². The van der Waals surface area contributed by atoms with Crippen molar-refractivity contribution in [3.05, 3.63) is 29.9 Å². The Morgan fingerprint density at radius 1 is 1.64 bits per heavy atom. The molecule has 0 aliphatic carbocycles. The highest BCUT2D eigenvalue weighted by Gasteiger charge is 1.86. The maximum absolute atomic E-state index is 9.07. The summed E-state index contributed by atoms with van der Waals surface area (Å²) in [6, 6.07) is 4.99. The third-order valence-corrected chi connectivity index (χ3v) is 1.13. The molecule has 0 saturated heterocycles. The molecular weight excluding hydrogens is 162 g/mol. The fraction of sp³-hybridized carbons (Fsp3) is 0. The number of hydrogen-bond donors (Lipinski definition) is 2. The summed E-state index contributed by atoms with van der Waals surface area (Å²) < 4.78 is 0.846. The minimum Gasteiger partial charge on any atom is -0.427 e. The van der Waals surface area contributed by atoms with Crippen LogP contribution < -0.4 is 11.2 Å². The summed E-state index contributed by atoms with van der Waals surface area (Å²) in [6.45, 7) is 0. The van der Waals surface area contributed by atoms with E-state index in [-0.39, 0.29) is 5.11 Å². The van der Waals surface area contributed by atoms with Gasteiger partial charge in [0, 0.05) is 6.20 Å². The zero-order chi connectivity index (χ0) is 8.27. The fourth-order valence-electron chi connectivity index (χ4n) is 0.627. The Kier molecular flexibility index (Phi) is 2.22. The molecule has 0 atom stereocenters. The fourth-order valence-corrected chi connectivity index (χ4v) is 0.720. The molecule has 1 aromatic rings. The molecule has 1 aromatic heterocycles. The Bertz CT molecular complexity index is 331. The molecule has 1 rings (SSSR count). The molecule has 0 radical (unpaired) electrons. The number of hydrogen-bond acceptors (Lipinski definition) is 2. The van der Waals surface area contributed by atoms with Crippen molar-refractivity contribution in [2.45, 2.75) is 0 Å².